The summed E-state index contributed by atoms with van der Waals surface area (Å²) in [5.74, 6) is 0.425. The number of carbonyl (C=O) groups excluding carboxylic acids is 3. The van der Waals surface area contributed by atoms with Crippen LogP contribution in [0.3, 0.4) is 0 Å². The first-order chi connectivity index (χ1) is 13.0. The number of carbonyl (C=O) groups is 3. The summed E-state index contributed by atoms with van der Waals surface area (Å²) in [6, 6.07) is 13.6. The van der Waals surface area contributed by atoms with Gasteiger partial charge < -0.3 is 20.7 Å². The highest BCUT2D eigenvalue weighted by molar-refractivity contribution is 8.00. The van der Waals surface area contributed by atoms with E-state index >= 15 is 0 Å². The zero-order valence-corrected chi connectivity index (χ0v) is 15.9. The van der Waals surface area contributed by atoms with Crippen LogP contribution in [-0.4, -0.2) is 43.4 Å². The maximum absolute atomic E-state index is 11.9. The Hall–Kier alpha value is -3.00. The minimum absolute atomic E-state index is 0.146. The number of thioether (sulfide) groups is 1. The summed E-state index contributed by atoms with van der Waals surface area (Å²) >= 11 is 1.21. The summed E-state index contributed by atoms with van der Waals surface area (Å²) in [5, 5.41) is 8.01. The lowest BCUT2D eigenvalue weighted by molar-refractivity contribution is -0.114. The molecule has 0 aliphatic carbocycles. The predicted molar refractivity (Wildman–Crippen MR) is 107 cm³/mol. The van der Waals surface area contributed by atoms with Crippen molar-refractivity contribution in [2.75, 3.05) is 36.3 Å². The molecule has 0 saturated heterocycles. The largest absolute Gasteiger partial charge is 0.497 e. The van der Waals surface area contributed by atoms with Crippen molar-refractivity contribution in [1.29, 1.82) is 0 Å². The van der Waals surface area contributed by atoms with Gasteiger partial charge in [-0.15, -0.1) is 11.8 Å². The van der Waals surface area contributed by atoms with Crippen molar-refractivity contribution < 1.29 is 19.1 Å². The summed E-state index contributed by atoms with van der Waals surface area (Å²) < 4.78 is 5.06. The first kappa shape index (κ1) is 20.3. The van der Waals surface area contributed by atoms with E-state index in [1.54, 1.807) is 62.7 Å². The highest BCUT2D eigenvalue weighted by atomic mass is 32.2. The zero-order valence-electron chi connectivity index (χ0n) is 15.1. The number of hydrogen-bond donors (Lipinski definition) is 3. The minimum Gasteiger partial charge on any atom is -0.497 e. The van der Waals surface area contributed by atoms with Crippen molar-refractivity contribution in [1.82, 2.24) is 5.32 Å². The maximum atomic E-state index is 11.9. The lowest BCUT2D eigenvalue weighted by Crippen LogP contribution is -2.19. The van der Waals surface area contributed by atoms with Gasteiger partial charge in [-0.25, -0.2) is 0 Å². The highest BCUT2D eigenvalue weighted by Crippen LogP contribution is 2.15. The molecule has 0 saturated carbocycles. The minimum atomic E-state index is -0.218. The Morgan fingerprint density at radius 2 is 1.33 bits per heavy atom. The van der Waals surface area contributed by atoms with Gasteiger partial charge in [0.2, 0.25) is 11.8 Å². The molecule has 27 heavy (non-hydrogen) atoms. The molecule has 3 N–H and O–H groups in total. The molecule has 2 aromatic carbocycles. The van der Waals surface area contributed by atoms with E-state index in [1.807, 2.05) is 0 Å². The molecule has 3 amide bonds. The second kappa shape index (κ2) is 10.2. The van der Waals surface area contributed by atoms with Gasteiger partial charge in [0.25, 0.3) is 5.91 Å². The van der Waals surface area contributed by atoms with Gasteiger partial charge in [-0.1, -0.05) is 0 Å². The van der Waals surface area contributed by atoms with Crippen molar-refractivity contribution in [3.05, 3.63) is 54.1 Å². The quantitative estimate of drug-likeness (QED) is 0.646. The Balaban J connectivity index is 1.71. The van der Waals surface area contributed by atoms with Gasteiger partial charge in [-0.05, 0) is 48.5 Å². The topological polar surface area (TPSA) is 96.5 Å². The Morgan fingerprint density at radius 1 is 0.852 bits per heavy atom. The molecule has 0 atom stereocenters. The van der Waals surface area contributed by atoms with Gasteiger partial charge in [0, 0.05) is 24.0 Å². The third kappa shape index (κ3) is 6.67. The third-order valence-electron chi connectivity index (χ3n) is 3.50. The van der Waals surface area contributed by atoms with Crippen LogP contribution in [0, 0.1) is 0 Å². The first-order valence-electron chi connectivity index (χ1n) is 8.15. The van der Waals surface area contributed by atoms with Crippen LogP contribution >= 0.6 is 11.8 Å². The summed E-state index contributed by atoms with van der Waals surface area (Å²) in [6.07, 6.45) is 0. The Kier molecular flexibility index (Phi) is 7.69. The number of ether oxygens (including phenoxy) is 1. The lowest BCUT2D eigenvalue weighted by Gasteiger charge is -2.07. The van der Waals surface area contributed by atoms with Crippen LogP contribution in [0.2, 0.25) is 0 Å². The van der Waals surface area contributed by atoms with Gasteiger partial charge in [-0.3, -0.25) is 14.4 Å². The maximum Gasteiger partial charge on any atom is 0.251 e. The van der Waals surface area contributed by atoms with Crippen molar-refractivity contribution in [3.63, 3.8) is 0 Å². The number of hydrogen-bond acceptors (Lipinski definition) is 5. The van der Waals surface area contributed by atoms with Crippen molar-refractivity contribution in [2.45, 2.75) is 0 Å². The summed E-state index contributed by atoms with van der Waals surface area (Å²) in [5.41, 5.74) is 1.78. The molecule has 142 valence electrons. The molecule has 7 nitrogen and oxygen atoms in total. The molecule has 0 aromatic heterocycles. The number of methoxy groups -OCH3 is 1. The number of nitrogens with one attached hydrogen (secondary N) is 3. The molecule has 0 aliphatic rings. The Morgan fingerprint density at radius 3 is 1.78 bits per heavy atom. The molecule has 0 spiro atoms. The van der Waals surface area contributed by atoms with Crippen molar-refractivity contribution in [2.24, 2.45) is 0 Å². The molecule has 0 fully saturated rings. The first-order valence-corrected chi connectivity index (χ1v) is 9.31. The lowest BCUT2D eigenvalue weighted by atomic mass is 10.2. The number of anilines is 2. The van der Waals surface area contributed by atoms with Gasteiger partial charge in [-0.2, -0.15) is 0 Å². The zero-order chi connectivity index (χ0) is 19.6. The average Bonchev–Trinajstić information content (AvgIpc) is 2.68. The standard InChI is InChI=1S/C19H21N3O4S/c1-20-19(25)13-3-5-14(6-4-13)21-17(23)11-27-12-18(24)22-15-7-9-16(26-2)10-8-15/h3-10H,11-12H2,1-2H3,(H,20,25)(H,21,23)(H,22,24). The fourth-order valence-electron chi connectivity index (χ4n) is 2.15. The molecule has 2 aromatic rings. The Bertz CT molecular complexity index is 792. The normalized spacial score (nSPS) is 10.0. The summed E-state index contributed by atoms with van der Waals surface area (Å²) in [7, 11) is 3.13. The van der Waals surface area contributed by atoms with Crippen LogP contribution < -0.4 is 20.7 Å². The molecule has 2 rings (SSSR count). The van der Waals surface area contributed by atoms with Crippen molar-refractivity contribution in [3.8, 4) is 5.75 Å². The van der Waals surface area contributed by atoms with E-state index in [0.717, 1.165) is 0 Å². The number of amides is 3. The highest BCUT2D eigenvalue weighted by Gasteiger charge is 2.08. The molecule has 0 aliphatic heterocycles. The number of benzene rings is 2. The smallest absolute Gasteiger partial charge is 0.251 e. The van der Waals surface area contributed by atoms with E-state index in [9.17, 15) is 14.4 Å². The predicted octanol–water partition coefficient (Wildman–Crippen LogP) is 2.37. The number of rotatable bonds is 8. The average molecular weight is 387 g/mol. The molecule has 0 unspecified atom stereocenters. The van der Waals surface area contributed by atoms with E-state index in [-0.39, 0.29) is 29.2 Å². The van der Waals surface area contributed by atoms with E-state index in [1.165, 1.54) is 11.8 Å². The van der Waals surface area contributed by atoms with E-state index in [0.29, 0.717) is 22.7 Å². The van der Waals surface area contributed by atoms with E-state index in [4.69, 9.17) is 4.74 Å². The van der Waals surface area contributed by atoms with Crippen LogP contribution in [0.5, 0.6) is 5.75 Å². The fourth-order valence-corrected chi connectivity index (χ4v) is 2.77. The summed E-state index contributed by atoms with van der Waals surface area (Å²) in [6.45, 7) is 0. The van der Waals surface area contributed by atoms with Gasteiger partial charge in [0.05, 0.1) is 18.6 Å². The van der Waals surface area contributed by atoms with Crippen LogP contribution in [0.25, 0.3) is 0 Å². The van der Waals surface area contributed by atoms with Crippen LogP contribution in [0.1, 0.15) is 10.4 Å². The summed E-state index contributed by atoms with van der Waals surface area (Å²) in [4.78, 5) is 35.3. The third-order valence-corrected chi connectivity index (χ3v) is 4.43. The monoisotopic (exact) mass is 387 g/mol. The molecule has 0 heterocycles. The van der Waals surface area contributed by atoms with Crippen molar-refractivity contribution >= 4 is 40.9 Å². The SMILES string of the molecule is CNC(=O)c1ccc(NC(=O)CSCC(=O)Nc2ccc(OC)cc2)cc1. The molecule has 0 bridgehead atoms. The van der Waals surface area contributed by atoms with Crippen LogP contribution in [-0.2, 0) is 9.59 Å². The van der Waals surface area contributed by atoms with Gasteiger partial charge >= 0.3 is 0 Å². The van der Waals surface area contributed by atoms with Crippen LogP contribution in [0.15, 0.2) is 48.5 Å². The molecular formula is C19H21N3O4S. The molecule has 8 heteroatoms. The Labute approximate surface area is 161 Å². The molecule has 0 radical (unpaired) electrons. The fraction of sp³-hybridized carbons (Fsp3) is 0.211. The van der Waals surface area contributed by atoms with Crippen LogP contribution in [0.4, 0.5) is 11.4 Å². The second-order valence-electron chi connectivity index (χ2n) is 5.47. The molecular weight excluding hydrogens is 366 g/mol. The second-order valence-corrected chi connectivity index (χ2v) is 6.46. The van der Waals surface area contributed by atoms with Gasteiger partial charge in [0.1, 0.15) is 5.75 Å². The van der Waals surface area contributed by atoms with E-state index in [2.05, 4.69) is 16.0 Å². The van der Waals surface area contributed by atoms with Gasteiger partial charge in [0.15, 0.2) is 0 Å². The van der Waals surface area contributed by atoms with E-state index < -0.39 is 0 Å².